The molecule has 1 aliphatic rings. The van der Waals surface area contributed by atoms with Crippen molar-refractivity contribution in [1.29, 1.82) is 0 Å². The summed E-state index contributed by atoms with van der Waals surface area (Å²) in [5.74, 6) is 1.28. The lowest BCUT2D eigenvalue weighted by molar-refractivity contribution is -0.0200. The van der Waals surface area contributed by atoms with E-state index in [9.17, 15) is 18.3 Å². The fourth-order valence-electron chi connectivity index (χ4n) is 4.56. The molecule has 4 rings (SSSR count). The van der Waals surface area contributed by atoms with E-state index >= 15 is 0 Å². The third-order valence-electron chi connectivity index (χ3n) is 6.75. The Kier molecular flexibility index (Phi) is 10.9. The van der Waals surface area contributed by atoms with Crippen LogP contribution >= 0.6 is 11.6 Å². The third-order valence-corrected chi connectivity index (χ3v) is 8.39. The van der Waals surface area contributed by atoms with Gasteiger partial charge in [0.2, 0.25) is 0 Å². The molecule has 1 heterocycles. The van der Waals surface area contributed by atoms with Crippen molar-refractivity contribution >= 4 is 27.8 Å². The van der Waals surface area contributed by atoms with Crippen molar-refractivity contribution in [2.24, 2.45) is 0 Å². The molecule has 1 saturated heterocycles. The Bertz CT molecular complexity index is 1380. The minimum absolute atomic E-state index is 0.00280. The molecule has 0 aromatic heterocycles. The number of hydrogen-bond acceptors (Lipinski definition) is 7. The first kappa shape index (κ1) is 30.6. The number of benzene rings is 3. The number of carboxylic acid groups (broad SMARTS) is 1. The van der Waals surface area contributed by atoms with E-state index in [0.29, 0.717) is 49.1 Å². The zero-order chi connectivity index (χ0) is 29.2. The summed E-state index contributed by atoms with van der Waals surface area (Å²) in [6, 6.07) is 21.4. The smallest absolute Gasteiger partial charge is 0.407 e. The van der Waals surface area contributed by atoms with Crippen LogP contribution < -0.4 is 9.47 Å². The van der Waals surface area contributed by atoms with Gasteiger partial charge in [0.05, 0.1) is 49.0 Å². The molecular weight excluding hydrogens is 570 g/mol. The van der Waals surface area contributed by atoms with Gasteiger partial charge in [-0.25, -0.2) is 4.79 Å². The van der Waals surface area contributed by atoms with E-state index in [0.717, 1.165) is 11.1 Å². The fourth-order valence-corrected chi connectivity index (χ4v) is 5.64. The van der Waals surface area contributed by atoms with Crippen molar-refractivity contribution in [1.82, 2.24) is 4.90 Å². The van der Waals surface area contributed by atoms with Gasteiger partial charge in [-0.3, -0.25) is 4.18 Å². The van der Waals surface area contributed by atoms with Crippen LogP contribution in [-0.2, 0) is 19.0 Å². The number of rotatable bonds is 13. The Morgan fingerprint density at radius 1 is 0.951 bits per heavy atom. The van der Waals surface area contributed by atoms with Gasteiger partial charge in [-0.15, -0.1) is 0 Å². The van der Waals surface area contributed by atoms with Gasteiger partial charge < -0.3 is 24.2 Å². The number of piperidine rings is 1. The average Bonchev–Trinajstić information content (AvgIpc) is 2.96. The van der Waals surface area contributed by atoms with Crippen LogP contribution in [0, 0.1) is 6.92 Å². The number of nitrogens with zero attached hydrogens (tertiary/aromatic N) is 1. The minimum atomic E-state index is -3.91. The second-order valence-electron chi connectivity index (χ2n) is 9.67. The number of amides is 1. The molecule has 1 aliphatic heterocycles. The van der Waals surface area contributed by atoms with Gasteiger partial charge in [0.25, 0.3) is 10.1 Å². The van der Waals surface area contributed by atoms with E-state index < -0.39 is 22.3 Å². The van der Waals surface area contributed by atoms with E-state index in [4.69, 9.17) is 30.0 Å². The molecule has 0 aliphatic carbocycles. The molecule has 2 atom stereocenters. The first-order valence-corrected chi connectivity index (χ1v) is 15.2. The van der Waals surface area contributed by atoms with E-state index in [1.807, 2.05) is 49.4 Å². The van der Waals surface area contributed by atoms with Crippen LogP contribution in [0.4, 0.5) is 4.79 Å². The Labute approximate surface area is 245 Å². The Morgan fingerprint density at radius 2 is 1.66 bits per heavy atom. The lowest BCUT2D eigenvalue weighted by Crippen LogP contribution is -2.46. The molecule has 0 spiro atoms. The molecule has 2 unspecified atom stereocenters. The van der Waals surface area contributed by atoms with Gasteiger partial charge in [-0.2, -0.15) is 8.42 Å². The van der Waals surface area contributed by atoms with Crippen LogP contribution in [0.15, 0.2) is 77.7 Å². The van der Waals surface area contributed by atoms with Crippen molar-refractivity contribution in [3.05, 3.63) is 88.9 Å². The summed E-state index contributed by atoms with van der Waals surface area (Å²) in [5.41, 5.74) is 1.93. The molecule has 9 nitrogen and oxygen atoms in total. The normalized spacial score (nSPS) is 17.3. The molecule has 0 radical (unpaired) electrons. The van der Waals surface area contributed by atoms with Gasteiger partial charge in [-0.1, -0.05) is 53.6 Å². The lowest BCUT2D eigenvalue weighted by Gasteiger charge is -2.37. The molecule has 1 amide bonds. The number of para-hydroxylation sites is 1. The van der Waals surface area contributed by atoms with Crippen LogP contribution in [0.3, 0.4) is 0 Å². The second-order valence-corrected chi connectivity index (χ2v) is 11.7. The van der Waals surface area contributed by atoms with E-state index in [1.54, 1.807) is 18.2 Å². The molecule has 0 saturated carbocycles. The average molecular weight is 604 g/mol. The van der Waals surface area contributed by atoms with Crippen molar-refractivity contribution in [3.8, 4) is 11.5 Å². The first-order valence-electron chi connectivity index (χ1n) is 13.4. The van der Waals surface area contributed by atoms with Gasteiger partial charge in [-0.05, 0) is 55.3 Å². The van der Waals surface area contributed by atoms with E-state index in [2.05, 4.69) is 0 Å². The molecule has 41 heavy (non-hydrogen) atoms. The monoisotopic (exact) mass is 603 g/mol. The highest BCUT2D eigenvalue weighted by atomic mass is 35.5. The number of hydrogen-bond donors (Lipinski definition) is 1. The van der Waals surface area contributed by atoms with Crippen LogP contribution in [-0.4, -0.2) is 70.1 Å². The number of carbonyl (C=O) groups is 1. The number of likely N-dealkylation sites (tertiary alicyclic amines) is 1. The summed E-state index contributed by atoms with van der Waals surface area (Å²) in [5, 5.41) is 10.1. The standard InChI is InChI=1S/C30H34ClNO8S/c1-22-7-13-25(14-8-22)41(35,36)40-20-19-39-29-21-32(30(33)34)16-15-26(29)23-9-11-24(12-10-23)37-17-4-18-38-28-6-3-2-5-27(28)31/h2-3,5-14,26,29H,4,15-21H2,1H3,(H,33,34). The fraction of sp³-hybridized carbons (Fsp3) is 0.367. The Morgan fingerprint density at radius 3 is 2.37 bits per heavy atom. The maximum Gasteiger partial charge on any atom is 0.407 e. The molecule has 11 heteroatoms. The van der Waals surface area contributed by atoms with Crippen molar-refractivity contribution in [2.75, 3.05) is 39.5 Å². The summed E-state index contributed by atoms with van der Waals surface area (Å²) in [6.45, 7) is 3.18. The highest BCUT2D eigenvalue weighted by Gasteiger charge is 2.33. The van der Waals surface area contributed by atoms with E-state index in [-0.39, 0.29) is 30.6 Å². The largest absolute Gasteiger partial charge is 0.493 e. The van der Waals surface area contributed by atoms with Crippen LogP contribution in [0.5, 0.6) is 11.5 Å². The Hall–Kier alpha value is -3.31. The summed E-state index contributed by atoms with van der Waals surface area (Å²) >= 11 is 6.10. The van der Waals surface area contributed by atoms with Crippen LogP contribution in [0.25, 0.3) is 0 Å². The summed E-state index contributed by atoms with van der Waals surface area (Å²) in [4.78, 5) is 13.0. The van der Waals surface area contributed by atoms with Gasteiger partial charge in [0, 0.05) is 18.9 Å². The number of halogens is 1. The summed E-state index contributed by atoms with van der Waals surface area (Å²) in [7, 11) is -3.91. The highest BCUT2D eigenvalue weighted by molar-refractivity contribution is 7.86. The minimum Gasteiger partial charge on any atom is -0.493 e. The second kappa shape index (κ2) is 14.5. The quantitative estimate of drug-likeness (QED) is 0.194. The summed E-state index contributed by atoms with van der Waals surface area (Å²) in [6.07, 6.45) is -0.228. The van der Waals surface area contributed by atoms with E-state index in [1.165, 1.54) is 17.0 Å². The Balaban J connectivity index is 1.28. The predicted molar refractivity (Wildman–Crippen MR) is 155 cm³/mol. The summed E-state index contributed by atoms with van der Waals surface area (Å²) < 4.78 is 47.6. The van der Waals surface area contributed by atoms with Gasteiger partial charge in [0.1, 0.15) is 11.5 Å². The third kappa shape index (κ3) is 8.84. The van der Waals surface area contributed by atoms with Gasteiger partial charge in [0.15, 0.2) is 0 Å². The van der Waals surface area contributed by atoms with Crippen molar-refractivity contribution in [2.45, 2.75) is 36.7 Å². The first-order chi connectivity index (χ1) is 19.7. The SMILES string of the molecule is Cc1ccc(S(=O)(=O)OCCOC2CN(C(=O)O)CCC2c2ccc(OCCCOc3ccccc3Cl)cc2)cc1. The maximum absolute atomic E-state index is 12.5. The van der Waals surface area contributed by atoms with Crippen LogP contribution in [0.2, 0.25) is 5.02 Å². The molecular formula is C30H34ClNO8S. The predicted octanol–water partition coefficient (Wildman–Crippen LogP) is 5.75. The lowest BCUT2D eigenvalue weighted by atomic mass is 9.87. The number of ether oxygens (including phenoxy) is 3. The molecule has 3 aromatic rings. The molecule has 3 aromatic carbocycles. The highest BCUT2D eigenvalue weighted by Crippen LogP contribution is 2.32. The maximum atomic E-state index is 12.5. The van der Waals surface area contributed by atoms with Gasteiger partial charge >= 0.3 is 6.09 Å². The zero-order valence-electron chi connectivity index (χ0n) is 22.8. The van der Waals surface area contributed by atoms with Crippen molar-refractivity contribution < 1.29 is 36.7 Å². The molecule has 220 valence electrons. The van der Waals surface area contributed by atoms with Crippen LogP contribution in [0.1, 0.15) is 29.9 Å². The number of aryl methyl sites for hydroxylation is 1. The van der Waals surface area contributed by atoms with Crippen molar-refractivity contribution in [3.63, 3.8) is 0 Å². The zero-order valence-corrected chi connectivity index (χ0v) is 24.4. The molecule has 1 N–H and O–H groups in total. The molecule has 0 bridgehead atoms. The molecule has 1 fully saturated rings. The topological polar surface area (TPSA) is 112 Å².